The van der Waals surface area contributed by atoms with Crippen LogP contribution in [0.3, 0.4) is 0 Å². The van der Waals surface area contributed by atoms with Crippen LogP contribution in [0.1, 0.15) is 92.1 Å². The molecule has 4 saturated heterocycles. The Hall–Kier alpha value is -4.30. The summed E-state index contributed by atoms with van der Waals surface area (Å²) in [6.07, 6.45) is 9.09. The standard InChI is InChI=1S/C39H56N6O8/c1-5-51-37(47)33-35(53-39(49)44-26-18-29(19-27-44)42-22-10-7-11-23-42)34(32(36(46)40(2)3)45(33)30-12-14-31(50-4)15-13-30)52-38(48)43-24-16-28(17-25-43)41-20-8-6-9-21-41/h12-15,28-29H,5-11,16-27H2,1-4H3. The van der Waals surface area contributed by atoms with Crippen molar-refractivity contribution in [1.82, 2.24) is 29.1 Å². The van der Waals surface area contributed by atoms with Gasteiger partial charge in [0.1, 0.15) is 5.75 Å². The molecular weight excluding hydrogens is 680 g/mol. The van der Waals surface area contributed by atoms with Gasteiger partial charge in [-0.1, -0.05) is 12.8 Å². The third-order valence-electron chi connectivity index (χ3n) is 11.1. The van der Waals surface area contributed by atoms with E-state index in [1.165, 1.54) is 55.1 Å². The number of aromatic nitrogens is 1. The summed E-state index contributed by atoms with van der Waals surface area (Å²) < 4.78 is 24.5. The van der Waals surface area contributed by atoms with Gasteiger partial charge in [-0.25, -0.2) is 14.4 Å². The number of methoxy groups -OCH3 is 1. The number of hydrogen-bond donors (Lipinski definition) is 0. The molecule has 0 bridgehead atoms. The third kappa shape index (κ3) is 8.75. The van der Waals surface area contributed by atoms with Crippen molar-refractivity contribution < 1.29 is 38.1 Å². The molecule has 3 amide bonds. The van der Waals surface area contributed by atoms with Crippen LogP contribution in [0, 0.1) is 0 Å². The van der Waals surface area contributed by atoms with Crippen LogP contribution in [0.15, 0.2) is 24.3 Å². The smallest absolute Gasteiger partial charge is 0.415 e. The molecular formula is C39H56N6O8. The zero-order valence-corrected chi connectivity index (χ0v) is 31.8. The fourth-order valence-corrected chi connectivity index (χ4v) is 8.19. The summed E-state index contributed by atoms with van der Waals surface area (Å²) >= 11 is 0. The highest BCUT2D eigenvalue weighted by Gasteiger charge is 2.40. The van der Waals surface area contributed by atoms with Crippen LogP contribution in [0.25, 0.3) is 5.69 Å². The molecule has 0 radical (unpaired) electrons. The van der Waals surface area contributed by atoms with Gasteiger partial charge >= 0.3 is 18.2 Å². The Morgan fingerprint density at radius 2 is 1.11 bits per heavy atom. The van der Waals surface area contributed by atoms with E-state index in [2.05, 4.69) is 9.80 Å². The van der Waals surface area contributed by atoms with E-state index < -0.39 is 24.1 Å². The van der Waals surface area contributed by atoms with Gasteiger partial charge in [0.25, 0.3) is 5.91 Å². The van der Waals surface area contributed by atoms with Gasteiger partial charge < -0.3 is 43.4 Å². The first-order valence-electron chi connectivity index (χ1n) is 19.4. The number of ether oxygens (including phenoxy) is 4. The lowest BCUT2D eigenvalue weighted by molar-refractivity contribution is 0.0511. The van der Waals surface area contributed by atoms with Gasteiger partial charge in [-0.2, -0.15) is 0 Å². The van der Waals surface area contributed by atoms with E-state index in [0.717, 1.165) is 51.9 Å². The van der Waals surface area contributed by atoms with E-state index in [4.69, 9.17) is 18.9 Å². The Kier molecular flexibility index (Phi) is 12.8. The number of carbonyl (C=O) groups excluding carboxylic acids is 4. The number of rotatable bonds is 9. The van der Waals surface area contributed by atoms with Crippen LogP contribution in [-0.2, 0) is 4.74 Å². The zero-order chi connectivity index (χ0) is 37.5. The lowest BCUT2D eigenvalue weighted by Gasteiger charge is -2.40. The molecule has 0 saturated carbocycles. The SMILES string of the molecule is CCOC(=O)c1c(OC(=O)N2CCC(N3CCCCC3)CC2)c(OC(=O)N2CCC(N3CCCCC3)CC2)c(C(=O)N(C)C)n1-c1ccc(OC)cc1. The molecule has 4 fully saturated rings. The summed E-state index contributed by atoms with van der Waals surface area (Å²) in [6.45, 7) is 7.87. The Balaban J connectivity index is 1.35. The summed E-state index contributed by atoms with van der Waals surface area (Å²) in [5, 5.41) is 0. The van der Waals surface area contributed by atoms with Crippen molar-refractivity contribution in [3.63, 3.8) is 0 Å². The molecule has 6 rings (SSSR count). The predicted molar refractivity (Wildman–Crippen MR) is 198 cm³/mol. The van der Waals surface area contributed by atoms with Gasteiger partial charge in [0.15, 0.2) is 11.4 Å². The number of piperidine rings is 4. The quantitative estimate of drug-likeness (QED) is 0.315. The molecule has 0 aliphatic carbocycles. The molecule has 290 valence electrons. The van der Waals surface area contributed by atoms with Gasteiger partial charge in [0.05, 0.1) is 13.7 Å². The van der Waals surface area contributed by atoms with E-state index in [0.29, 0.717) is 49.7 Å². The number of benzene rings is 1. The van der Waals surface area contributed by atoms with E-state index >= 15 is 0 Å². The summed E-state index contributed by atoms with van der Waals surface area (Å²) in [5.74, 6) is -1.49. The number of carbonyl (C=O) groups is 4. The third-order valence-corrected chi connectivity index (χ3v) is 11.1. The molecule has 0 N–H and O–H groups in total. The predicted octanol–water partition coefficient (Wildman–Crippen LogP) is 5.26. The number of amides is 3. The number of nitrogens with zero attached hydrogens (tertiary/aromatic N) is 6. The molecule has 1 aromatic carbocycles. The molecule has 0 spiro atoms. The van der Waals surface area contributed by atoms with Gasteiger partial charge in [0.2, 0.25) is 11.5 Å². The van der Waals surface area contributed by atoms with Crippen molar-refractivity contribution in [2.45, 2.75) is 83.2 Å². The van der Waals surface area contributed by atoms with Gasteiger partial charge in [-0.05, 0) is 109 Å². The van der Waals surface area contributed by atoms with Crippen LogP contribution in [-0.4, -0.2) is 145 Å². The second-order valence-corrected chi connectivity index (χ2v) is 14.7. The maximum absolute atomic E-state index is 14.1. The number of hydrogen-bond acceptors (Lipinski definition) is 10. The first-order valence-corrected chi connectivity index (χ1v) is 19.4. The second kappa shape index (κ2) is 17.7. The van der Waals surface area contributed by atoms with Crippen LogP contribution in [0.5, 0.6) is 17.2 Å². The lowest BCUT2D eigenvalue weighted by atomic mass is 10.0. The minimum atomic E-state index is -0.840. The molecule has 5 heterocycles. The fourth-order valence-electron chi connectivity index (χ4n) is 8.19. The van der Waals surface area contributed by atoms with Crippen molar-refractivity contribution in [3.8, 4) is 22.9 Å². The molecule has 0 atom stereocenters. The summed E-state index contributed by atoms with van der Waals surface area (Å²) in [7, 11) is 4.66. The van der Waals surface area contributed by atoms with E-state index in [1.807, 2.05) is 0 Å². The second-order valence-electron chi connectivity index (χ2n) is 14.7. The fraction of sp³-hybridized carbons (Fsp3) is 0.641. The molecule has 4 aliphatic heterocycles. The van der Waals surface area contributed by atoms with Crippen molar-refractivity contribution in [3.05, 3.63) is 35.7 Å². The van der Waals surface area contributed by atoms with Crippen LogP contribution in [0.4, 0.5) is 9.59 Å². The van der Waals surface area contributed by atoms with Gasteiger partial charge in [0, 0.05) is 58.0 Å². The van der Waals surface area contributed by atoms with Crippen molar-refractivity contribution in [2.24, 2.45) is 0 Å². The summed E-state index contributed by atoms with van der Waals surface area (Å²) in [5.41, 5.74) is 0.0000909. The highest BCUT2D eigenvalue weighted by atomic mass is 16.6. The van der Waals surface area contributed by atoms with Gasteiger partial charge in [-0.3, -0.25) is 9.36 Å². The maximum Gasteiger partial charge on any atom is 0.415 e. The topological polar surface area (TPSA) is 126 Å². The van der Waals surface area contributed by atoms with E-state index in [-0.39, 0.29) is 29.5 Å². The normalized spacial score (nSPS) is 19.5. The van der Waals surface area contributed by atoms with E-state index in [9.17, 15) is 19.2 Å². The first-order chi connectivity index (χ1) is 25.7. The minimum absolute atomic E-state index is 0.0159. The largest absolute Gasteiger partial charge is 0.497 e. The lowest BCUT2D eigenvalue weighted by Crippen LogP contribution is -2.49. The van der Waals surface area contributed by atoms with Crippen molar-refractivity contribution >= 4 is 24.1 Å². The number of esters is 1. The summed E-state index contributed by atoms with van der Waals surface area (Å²) in [6, 6.07) is 7.50. The molecule has 14 heteroatoms. The molecule has 0 unspecified atom stereocenters. The van der Waals surface area contributed by atoms with E-state index in [1.54, 1.807) is 55.1 Å². The van der Waals surface area contributed by atoms with Crippen LogP contribution < -0.4 is 14.2 Å². The first kappa shape index (κ1) is 38.4. The average Bonchev–Trinajstić information content (AvgIpc) is 3.51. The molecule has 14 nitrogen and oxygen atoms in total. The molecule has 53 heavy (non-hydrogen) atoms. The minimum Gasteiger partial charge on any atom is -0.497 e. The summed E-state index contributed by atoms with van der Waals surface area (Å²) in [4.78, 5) is 65.7. The van der Waals surface area contributed by atoms with Crippen LogP contribution >= 0.6 is 0 Å². The Bertz CT molecular complexity index is 1580. The van der Waals surface area contributed by atoms with Crippen molar-refractivity contribution in [1.29, 1.82) is 0 Å². The Morgan fingerprint density at radius 1 is 0.660 bits per heavy atom. The zero-order valence-electron chi connectivity index (χ0n) is 31.8. The number of likely N-dealkylation sites (tertiary alicyclic amines) is 4. The maximum atomic E-state index is 14.1. The van der Waals surface area contributed by atoms with Crippen molar-refractivity contribution in [2.75, 3.05) is 80.2 Å². The highest BCUT2D eigenvalue weighted by molar-refractivity contribution is 6.04. The van der Waals surface area contributed by atoms with Crippen LogP contribution in [0.2, 0.25) is 0 Å². The average molecular weight is 737 g/mol. The Morgan fingerprint density at radius 3 is 1.53 bits per heavy atom. The molecule has 4 aliphatic rings. The Labute approximate surface area is 312 Å². The monoisotopic (exact) mass is 736 g/mol. The van der Waals surface area contributed by atoms with Gasteiger partial charge in [-0.15, -0.1) is 0 Å². The highest BCUT2D eigenvalue weighted by Crippen LogP contribution is 2.43. The molecule has 1 aromatic heterocycles. The molecule has 2 aromatic rings.